The van der Waals surface area contributed by atoms with E-state index in [2.05, 4.69) is 4.72 Å². The third-order valence-corrected chi connectivity index (χ3v) is 3.82. The molecule has 0 saturated carbocycles. The summed E-state index contributed by atoms with van der Waals surface area (Å²) in [5.41, 5.74) is 5.48. The fourth-order valence-corrected chi connectivity index (χ4v) is 2.72. The minimum atomic E-state index is -3.93. The Morgan fingerprint density at radius 3 is 2.35 bits per heavy atom. The number of anilines is 2. The summed E-state index contributed by atoms with van der Waals surface area (Å²) in [7, 11) is -3.93. The lowest BCUT2D eigenvalue weighted by Crippen LogP contribution is -2.13. The zero-order valence-electron chi connectivity index (χ0n) is 10.2. The Kier molecular flexibility index (Phi) is 3.57. The van der Waals surface area contributed by atoms with Crippen LogP contribution in [0.15, 0.2) is 53.4 Å². The molecule has 0 amide bonds. The molecule has 0 aromatic heterocycles. The van der Waals surface area contributed by atoms with Crippen molar-refractivity contribution in [2.45, 2.75) is 4.90 Å². The number of sulfonamides is 1. The summed E-state index contributed by atoms with van der Waals surface area (Å²) in [5, 5.41) is 10.7. The van der Waals surface area contributed by atoms with Crippen molar-refractivity contribution in [3.05, 3.63) is 58.6 Å². The second-order valence-electron chi connectivity index (χ2n) is 3.99. The molecule has 0 unspecified atom stereocenters. The van der Waals surface area contributed by atoms with Crippen molar-refractivity contribution in [1.82, 2.24) is 0 Å². The average Bonchev–Trinajstić information content (AvgIpc) is 2.38. The summed E-state index contributed by atoms with van der Waals surface area (Å²) in [6, 6.07) is 11.4. The molecule has 0 spiro atoms. The van der Waals surface area contributed by atoms with Crippen LogP contribution in [0.25, 0.3) is 0 Å². The van der Waals surface area contributed by atoms with E-state index in [1.807, 2.05) is 0 Å². The lowest BCUT2D eigenvalue weighted by Gasteiger charge is -2.08. The Labute approximate surface area is 115 Å². The molecule has 2 aromatic carbocycles. The number of nitro benzene ring substituents is 1. The molecular weight excluding hydrogens is 282 g/mol. The van der Waals surface area contributed by atoms with Gasteiger partial charge in [0.05, 0.1) is 9.82 Å². The van der Waals surface area contributed by atoms with Gasteiger partial charge in [-0.3, -0.25) is 14.8 Å². The van der Waals surface area contributed by atoms with E-state index in [0.717, 1.165) is 18.2 Å². The number of nitrogens with zero attached hydrogens (tertiary/aromatic N) is 1. The molecule has 7 nitrogen and oxygen atoms in total. The first-order chi connectivity index (χ1) is 9.38. The highest BCUT2D eigenvalue weighted by molar-refractivity contribution is 7.92. The predicted molar refractivity (Wildman–Crippen MR) is 74.8 cm³/mol. The van der Waals surface area contributed by atoms with Gasteiger partial charge >= 0.3 is 0 Å². The highest BCUT2D eigenvalue weighted by Crippen LogP contribution is 2.23. The van der Waals surface area contributed by atoms with Gasteiger partial charge in [-0.2, -0.15) is 0 Å². The van der Waals surface area contributed by atoms with E-state index in [4.69, 9.17) is 5.73 Å². The maximum Gasteiger partial charge on any atom is 0.272 e. The summed E-state index contributed by atoms with van der Waals surface area (Å²) >= 11 is 0. The van der Waals surface area contributed by atoms with Gasteiger partial charge in [-0.05, 0) is 18.2 Å². The third-order valence-electron chi connectivity index (χ3n) is 2.46. The largest absolute Gasteiger partial charge is 0.398 e. The van der Waals surface area contributed by atoms with Crippen LogP contribution in [0.1, 0.15) is 0 Å². The number of rotatable bonds is 4. The topological polar surface area (TPSA) is 115 Å². The van der Waals surface area contributed by atoms with Crippen molar-refractivity contribution < 1.29 is 13.3 Å². The summed E-state index contributed by atoms with van der Waals surface area (Å²) in [4.78, 5) is 9.77. The van der Waals surface area contributed by atoms with Crippen LogP contribution in [-0.2, 0) is 10.0 Å². The Morgan fingerprint density at radius 2 is 1.75 bits per heavy atom. The molecule has 0 fully saturated rings. The molecule has 2 rings (SSSR count). The summed E-state index contributed by atoms with van der Waals surface area (Å²) < 4.78 is 26.6. The van der Waals surface area contributed by atoms with Gasteiger partial charge in [0.2, 0.25) is 0 Å². The van der Waals surface area contributed by atoms with Crippen molar-refractivity contribution in [2.75, 3.05) is 10.5 Å². The number of non-ortho nitro benzene ring substituents is 1. The molecule has 0 heterocycles. The first-order valence-corrected chi connectivity index (χ1v) is 6.99. The van der Waals surface area contributed by atoms with Crippen LogP contribution in [0.4, 0.5) is 17.1 Å². The lowest BCUT2D eigenvalue weighted by atomic mass is 10.3. The molecule has 8 heteroatoms. The fourth-order valence-electron chi connectivity index (χ4n) is 1.59. The van der Waals surface area contributed by atoms with Crippen LogP contribution in [-0.4, -0.2) is 13.3 Å². The molecule has 104 valence electrons. The molecule has 0 aliphatic heterocycles. The van der Waals surface area contributed by atoms with E-state index in [9.17, 15) is 18.5 Å². The molecular formula is C12H11N3O4S. The molecule has 0 aliphatic rings. The van der Waals surface area contributed by atoms with Crippen LogP contribution in [0.2, 0.25) is 0 Å². The maximum absolute atomic E-state index is 12.1. The SMILES string of the molecule is Nc1cc([N+](=O)[O-])cc(S(=O)(=O)Nc2ccccc2)c1. The van der Waals surface area contributed by atoms with Gasteiger partial charge in [0.1, 0.15) is 0 Å². The smallest absolute Gasteiger partial charge is 0.272 e. The number of nitrogen functional groups attached to an aromatic ring is 1. The Bertz CT molecular complexity index is 745. The van der Waals surface area contributed by atoms with Crippen molar-refractivity contribution in [3.63, 3.8) is 0 Å². The van der Waals surface area contributed by atoms with Gasteiger partial charge in [-0.25, -0.2) is 8.42 Å². The number of hydrogen-bond acceptors (Lipinski definition) is 5. The van der Waals surface area contributed by atoms with E-state index in [-0.39, 0.29) is 16.3 Å². The fraction of sp³-hybridized carbons (Fsp3) is 0. The van der Waals surface area contributed by atoms with E-state index in [1.165, 1.54) is 0 Å². The van der Waals surface area contributed by atoms with Crippen LogP contribution in [0, 0.1) is 10.1 Å². The monoisotopic (exact) mass is 293 g/mol. The van der Waals surface area contributed by atoms with Gasteiger partial charge in [-0.15, -0.1) is 0 Å². The van der Waals surface area contributed by atoms with Crippen molar-refractivity contribution in [3.8, 4) is 0 Å². The molecule has 0 atom stereocenters. The maximum atomic E-state index is 12.1. The quantitative estimate of drug-likeness (QED) is 0.508. The number of nitrogens with two attached hydrogens (primary N) is 1. The molecule has 3 N–H and O–H groups in total. The standard InChI is InChI=1S/C12H11N3O4S/c13-9-6-11(15(16)17)8-12(7-9)20(18,19)14-10-4-2-1-3-5-10/h1-8,14H,13H2. The number of hydrogen-bond donors (Lipinski definition) is 2. The Balaban J connectivity index is 2.42. The second-order valence-corrected chi connectivity index (χ2v) is 5.67. The second kappa shape index (κ2) is 5.17. The van der Waals surface area contributed by atoms with Gasteiger partial charge in [0.15, 0.2) is 0 Å². The average molecular weight is 293 g/mol. The minimum absolute atomic E-state index is 0.00707. The Morgan fingerprint density at radius 1 is 1.10 bits per heavy atom. The van der Waals surface area contributed by atoms with Crippen LogP contribution in [0.5, 0.6) is 0 Å². The van der Waals surface area contributed by atoms with E-state index in [0.29, 0.717) is 5.69 Å². The zero-order chi connectivity index (χ0) is 14.8. The highest BCUT2D eigenvalue weighted by Gasteiger charge is 2.19. The number of para-hydroxylation sites is 1. The minimum Gasteiger partial charge on any atom is -0.398 e. The Hall–Kier alpha value is -2.61. The van der Waals surface area contributed by atoms with E-state index < -0.39 is 14.9 Å². The summed E-state index contributed by atoms with van der Waals surface area (Å²) in [6.07, 6.45) is 0. The molecule has 0 saturated heterocycles. The number of nitro groups is 1. The predicted octanol–water partition coefficient (Wildman–Crippen LogP) is 1.98. The van der Waals surface area contributed by atoms with E-state index in [1.54, 1.807) is 30.3 Å². The van der Waals surface area contributed by atoms with Gasteiger partial charge in [0, 0.05) is 23.5 Å². The number of benzene rings is 2. The summed E-state index contributed by atoms with van der Waals surface area (Å²) in [5.74, 6) is 0. The zero-order valence-corrected chi connectivity index (χ0v) is 11.0. The number of nitrogens with one attached hydrogen (secondary N) is 1. The van der Waals surface area contributed by atoms with Gasteiger partial charge < -0.3 is 5.73 Å². The van der Waals surface area contributed by atoms with Gasteiger partial charge in [0.25, 0.3) is 15.7 Å². The molecule has 2 aromatic rings. The third kappa shape index (κ3) is 3.04. The summed E-state index contributed by atoms with van der Waals surface area (Å²) in [6.45, 7) is 0. The first kappa shape index (κ1) is 13.8. The normalized spacial score (nSPS) is 11.0. The molecule has 0 bridgehead atoms. The van der Waals surface area contributed by atoms with Crippen LogP contribution < -0.4 is 10.5 Å². The van der Waals surface area contributed by atoms with Crippen LogP contribution in [0.3, 0.4) is 0 Å². The van der Waals surface area contributed by atoms with E-state index >= 15 is 0 Å². The first-order valence-electron chi connectivity index (χ1n) is 5.51. The molecule has 0 aliphatic carbocycles. The van der Waals surface area contributed by atoms with Crippen molar-refractivity contribution in [2.24, 2.45) is 0 Å². The highest BCUT2D eigenvalue weighted by atomic mass is 32.2. The molecule has 20 heavy (non-hydrogen) atoms. The van der Waals surface area contributed by atoms with Gasteiger partial charge in [-0.1, -0.05) is 18.2 Å². The van der Waals surface area contributed by atoms with Crippen molar-refractivity contribution in [1.29, 1.82) is 0 Å². The van der Waals surface area contributed by atoms with Crippen molar-refractivity contribution >= 4 is 27.1 Å². The molecule has 0 radical (unpaired) electrons. The lowest BCUT2D eigenvalue weighted by molar-refractivity contribution is -0.385. The van der Waals surface area contributed by atoms with Crippen LogP contribution >= 0.6 is 0 Å².